The molecule has 36 heavy (non-hydrogen) atoms. The number of amides is 1. The summed E-state index contributed by atoms with van der Waals surface area (Å²) in [6.45, 7) is 5.97. The zero-order valence-electron chi connectivity index (χ0n) is 20.2. The van der Waals surface area contributed by atoms with Crippen LogP contribution in [0.25, 0.3) is 11.3 Å². The highest BCUT2D eigenvalue weighted by Gasteiger charge is 2.50. The van der Waals surface area contributed by atoms with Gasteiger partial charge in [-0.25, -0.2) is 9.78 Å². The highest BCUT2D eigenvalue weighted by molar-refractivity contribution is 7.88. The van der Waals surface area contributed by atoms with E-state index < -0.39 is 27.3 Å². The van der Waals surface area contributed by atoms with Crippen molar-refractivity contribution in [2.24, 2.45) is 5.92 Å². The number of ether oxygens (including phenoxy) is 1. The van der Waals surface area contributed by atoms with Crippen LogP contribution in [0.15, 0.2) is 18.3 Å². The third-order valence-electron chi connectivity index (χ3n) is 7.13. The average Bonchev–Trinajstić information content (AvgIpc) is 3.44. The molecule has 12 heteroatoms. The zero-order chi connectivity index (χ0) is 26.0. The van der Waals surface area contributed by atoms with Gasteiger partial charge < -0.3 is 13.9 Å². The molecule has 2 heterocycles. The van der Waals surface area contributed by atoms with Crippen molar-refractivity contribution >= 4 is 16.2 Å². The van der Waals surface area contributed by atoms with Crippen LogP contribution in [0.5, 0.6) is 5.75 Å². The molecule has 0 radical (unpaired) electrons. The molecule has 0 spiro atoms. The molecule has 3 unspecified atom stereocenters. The molecule has 2 aliphatic carbocycles. The minimum Gasteiger partial charge on any atom is -0.444 e. The Morgan fingerprint density at radius 3 is 2.56 bits per heavy atom. The summed E-state index contributed by atoms with van der Waals surface area (Å²) in [6, 6.07) is 2.58. The van der Waals surface area contributed by atoms with Gasteiger partial charge in [-0.05, 0) is 82.4 Å². The molecule has 1 aromatic carbocycles. The van der Waals surface area contributed by atoms with Crippen molar-refractivity contribution in [3.63, 3.8) is 0 Å². The van der Waals surface area contributed by atoms with Gasteiger partial charge >= 0.3 is 21.7 Å². The van der Waals surface area contributed by atoms with Crippen LogP contribution in [0.3, 0.4) is 0 Å². The van der Waals surface area contributed by atoms with E-state index in [0.29, 0.717) is 30.0 Å². The summed E-state index contributed by atoms with van der Waals surface area (Å²) in [6.07, 6.45) is 5.02. The summed E-state index contributed by atoms with van der Waals surface area (Å²) >= 11 is 0. The molecule has 1 aliphatic heterocycles. The summed E-state index contributed by atoms with van der Waals surface area (Å²) in [7, 11) is -5.77. The Morgan fingerprint density at radius 2 is 1.92 bits per heavy atom. The predicted octanol–water partition coefficient (Wildman–Crippen LogP) is 5.43. The second kappa shape index (κ2) is 8.39. The van der Waals surface area contributed by atoms with E-state index >= 15 is 0 Å². The van der Waals surface area contributed by atoms with Gasteiger partial charge in [0, 0.05) is 17.7 Å². The SMILES string of the molecule is CC(C)(C)OC(=O)N1CCCC1c1ncc(-c2ccc(OS(=O)(=O)C(F)(F)F)c3c2C2CCC2C3)[nH]1. The molecule has 8 nitrogen and oxygen atoms in total. The van der Waals surface area contributed by atoms with Gasteiger partial charge in [-0.15, -0.1) is 0 Å². The Kier molecular flexibility index (Phi) is 5.81. The Labute approximate surface area is 207 Å². The van der Waals surface area contributed by atoms with E-state index in [1.807, 2.05) is 20.8 Å². The van der Waals surface area contributed by atoms with Crippen molar-refractivity contribution in [2.45, 2.75) is 75.9 Å². The number of hydrogen-bond donors (Lipinski definition) is 1. The van der Waals surface area contributed by atoms with E-state index in [4.69, 9.17) is 4.74 Å². The summed E-state index contributed by atoms with van der Waals surface area (Å²) in [5.74, 6) is 0.706. The molecule has 196 valence electrons. The van der Waals surface area contributed by atoms with Gasteiger partial charge in [0.15, 0.2) is 0 Å². The number of halogens is 3. The van der Waals surface area contributed by atoms with E-state index in [1.54, 1.807) is 17.2 Å². The van der Waals surface area contributed by atoms with Crippen LogP contribution in [-0.4, -0.2) is 47.0 Å². The normalized spacial score (nSPS) is 23.7. The number of alkyl halides is 3. The number of likely N-dealkylation sites (tertiary alicyclic amines) is 1. The van der Waals surface area contributed by atoms with Gasteiger partial charge in [-0.3, -0.25) is 4.90 Å². The number of imidazole rings is 1. The Bertz CT molecular complexity index is 1300. The number of benzene rings is 1. The third-order valence-corrected chi connectivity index (χ3v) is 8.10. The lowest BCUT2D eigenvalue weighted by molar-refractivity contribution is -0.0500. The number of hydrogen-bond acceptors (Lipinski definition) is 6. The lowest BCUT2D eigenvalue weighted by Gasteiger charge is -2.31. The maximum Gasteiger partial charge on any atom is 0.534 e. The quantitative estimate of drug-likeness (QED) is 0.421. The Hall–Kier alpha value is -2.76. The summed E-state index contributed by atoms with van der Waals surface area (Å²) in [5, 5.41) is 0. The molecular formula is C24H28F3N3O5S. The first kappa shape index (κ1) is 24.9. The number of carbonyl (C=O) groups excluding carboxylic acids is 1. The van der Waals surface area contributed by atoms with Crippen LogP contribution in [0.4, 0.5) is 18.0 Å². The predicted molar refractivity (Wildman–Crippen MR) is 124 cm³/mol. The third kappa shape index (κ3) is 4.33. The van der Waals surface area contributed by atoms with Crippen molar-refractivity contribution in [1.29, 1.82) is 0 Å². The molecule has 1 N–H and O–H groups in total. The fourth-order valence-corrected chi connectivity index (χ4v) is 5.93. The summed E-state index contributed by atoms with van der Waals surface area (Å²) in [4.78, 5) is 22.2. The molecule has 2 fully saturated rings. The van der Waals surface area contributed by atoms with E-state index in [9.17, 15) is 26.4 Å². The first-order chi connectivity index (χ1) is 16.7. The van der Waals surface area contributed by atoms with Crippen LogP contribution in [-0.2, 0) is 21.3 Å². The van der Waals surface area contributed by atoms with Gasteiger partial charge in [-0.1, -0.05) is 0 Å². The molecule has 1 saturated heterocycles. The molecule has 1 aromatic heterocycles. The highest BCUT2D eigenvalue weighted by Crippen LogP contribution is 2.56. The summed E-state index contributed by atoms with van der Waals surface area (Å²) < 4.78 is 72.3. The highest BCUT2D eigenvalue weighted by atomic mass is 32.2. The monoisotopic (exact) mass is 527 g/mol. The number of fused-ring (bicyclic) bond motifs is 3. The van der Waals surface area contributed by atoms with Crippen molar-refractivity contribution < 1.29 is 35.3 Å². The first-order valence-corrected chi connectivity index (χ1v) is 13.4. The number of carbonyl (C=O) groups is 1. The zero-order valence-corrected chi connectivity index (χ0v) is 21.0. The van der Waals surface area contributed by atoms with E-state index in [1.165, 1.54) is 6.07 Å². The fraction of sp³-hybridized carbons (Fsp3) is 0.583. The minimum atomic E-state index is -5.77. The molecule has 0 bridgehead atoms. The number of aromatic nitrogens is 2. The largest absolute Gasteiger partial charge is 0.534 e. The average molecular weight is 528 g/mol. The van der Waals surface area contributed by atoms with E-state index in [0.717, 1.165) is 36.8 Å². The van der Waals surface area contributed by atoms with Crippen molar-refractivity contribution in [3.8, 4) is 17.0 Å². The van der Waals surface area contributed by atoms with Crippen molar-refractivity contribution in [2.75, 3.05) is 6.54 Å². The van der Waals surface area contributed by atoms with Crippen molar-refractivity contribution in [1.82, 2.24) is 14.9 Å². The molecular weight excluding hydrogens is 499 g/mol. The second-order valence-electron chi connectivity index (χ2n) is 10.6. The Balaban J connectivity index is 1.46. The molecule has 2 aromatic rings. The first-order valence-electron chi connectivity index (χ1n) is 12.0. The van der Waals surface area contributed by atoms with Crippen LogP contribution in [0.1, 0.15) is 75.4 Å². The standard InChI is InChI=1S/C24H28F3N3O5S/c1-23(2,3)34-22(31)30-10-4-5-18(30)21-28-12-17(29-21)15-8-9-19(35-36(32,33)24(25,26)27)16-11-13-6-7-14(13)20(15)16/h8-9,12-14,18H,4-7,10-11H2,1-3H3,(H,28,29). The van der Waals surface area contributed by atoms with E-state index in [2.05, 4.69) is 14.2 Å². The van der Waals surface area contributed by atoms with Crippen LogP contribution >= 0.6 is 0 Å². The van der Waals surface area contributed by atoms with Gasteiger partial charge in [0.05, 0.1) is 17.9 Å². The number of nitrogens with zero attached hydrogens (tertiary/aromatic N) is 2. The fourth-order valence-electron chi connectivity index (χ4n) is 5.45. The van der Waals surface area contributed by atoms with Gasteiger partial charge in [0.1, 0.15) is 17.2 Å². The van der Waals surface area contributed by atoms with Crippen LogP contribution < -0.4 is 4.18 Å². The van der Waals surface area contributed by atoms with Gasteiger partial charge in [0.2, 0.25) is 0 Å². The maximum atomic E-state index is 12.9. The summed E-state index contributed by atoms with van der Waals surface area (Å²) in [5.41, 5.74) is -3.39. The van der Waals surface area contributed by atoms with E-state index in [-0.39, 0.29) is 23.6 Å². The topological polar surface area (TPSA) is 102 Å². The molecule has 3 atom stereocenters. The lowest BCUT2D eigenvalue weighted by Crippen LogP contribution is -2.36. The molecule has 1 amide bonds. The van der Waals surface area contributed by atoms with Gasteiger partial charge in [-0.2, -0.15) is 21.6 Å². The molecule has 1 saturated carbocycles. The van der Waals surface area contributed by atoms with Crippen LogP contribution in [0.2, 0.25) is 0 Å². The van der Waals surface area contributed by atoms with Gasteiger partial charge in [0.25, 0.3) is 0 Å². The second-order valence-corrected chi connectivity index (χ2v) is 12.2. The lowest BCUT2D eigenvalue weighted by atomic mass is 9.73. The van der Waals surface area contributed by atoms with Crippen LogP contribution in [0, 0.1) is 5.92 Å². The number of aromatic amines is 1. The number of nitrogens with one attached hydrogen (secondary N) is 1. The van der Waals surface area contributed by atoms with Crippen molar-refractivity contribution in [3.05, 3.63) is 35.3 Å². The maximum absolute atomic E-state index is 12.9. The number of rotatable bonds is 4. The minimum absolute atomic E-state index is 0.128. The molecule has 3 aliphatic rings. The Morgan fingerprint density at radius 1 is 1.17 bits per heavy atom. The molecule has 5 rings (SSSR count). The number of H-pyrrole nitrogens is 1. The smallest absolute Gasteiger partial charge is 0.444 e.